The van der Waals surface area contributed by atoms with Crippen LogP contribution in [-0.2, 0) is 11.2 Å². The quantitative estimate of drug-likeness (QED) is 0.874. The van der Waals surface area contributed by atoms with Crippen LogP contribution < -0.4 is 10.6 Å². The minimum absolute atomic E-state index is 0.0658. The fourth-order valence-electron chi connectivity index (χ4n) is 2.59. The van der Waals surface area contributed by atoms with Crippen molar-refractivity contribution in [2.75, 3.05) is 19.6 Å². The van der Waals surface area contributed by atoms with Gasteiger partial charge in [0.05, 0.1) is 5.92 Å². The lowest BCUT2D eigenvalue weighted by Crippen LogP contribution is -2.41. The Kier molecular flexibility index (Phi) is 5.25. The van der Waals surface area contributed by atoms with Crippen molar-refractivity contribution in [1.29, 1.82) is 0 Å². The number of nitrogens with zero attached hydrogens (tertiary/aromatic N) is 2. The van der Waals surface area contributed by atoms with Crippen LogP contribution in [0.5, 0.6) is 0 Å². The molecule has 0 radical (unpaired) electrons. The standard InChI is InChI=1S/C16H19ClN4O2/c17-13-5-3-11(4-6-13)15-20-14(23-21-15)7-9-19-16(22)12-2-1-8-18-10-12/h3-6,12,18H,1-2,7-10H2,(H,19,22). The van der Waals surface area contributed by atoms with Gasteiger partial charge in [-0.25, -0.2) is 0 Å². The summed E-state index contributed by atoms with van der Waals surface area (Å²) in [6.45, 7) is 2.25. The van der Waals surface area contributed by atoms with E-state index in [1.165, 1.54) is 0 Å². The molecule has 0 bridgehead atoms. The number of rotatable bonds is 5. The zero-order chi connectivity index (χ0) is 16.1. The Labute approximate surface area is 139 Å². The first-order chi connectivity index (χ1) is 11.2. The lowest BCUT2D eigenvalue weighted by atomic mass is 9.99. The first-order valence-corrected chi connectivity index (χ1v) is 8.17. The van der Waals surface area contributed by atoms with Gasteiger partial charge in [-0.1, -0.05) is 16.8 Å². The molecule has 1 unspecified atom stereocenters. The molecule has 1 aliphatic rings. The number of halogens is 1. The van der Waals surface area contributed by atoms with Gasteiger partial charge in [0.25, 0.3) is 0 Å². The van der Waals surface area contributed by atoms with Crippen molar-refractivity contribution >= 4 is 17.5 Å². The molecular formula is C16H19ClN4O2. The molecule has 1 amide bonds. The largest absolute Gasteiger partial charge is 0.355 e. The third-order valence-electron chi connectivity index (χ3n) is 3.88. The number of nitrogens with one attached hydrogen (secondary N) is 2. The van der Waals surface area contributed by atoms with Gasteiger partial charge >= 0.3 is 0 Å². The number of benzene rings is 1. The second kappa shape index (κ2) is 7.57. The Morgan fingerprint density at radius 1 is 1.39 bits per heavy atom. The summed E-state index contributed by atoms with van der Waals surface area (Å²) in [5, 5.41) is 10.8. The lowest BCUT2D eigenvalue weighted by Gasteiger charge is -2.21. The van der Waals surface area contributed by atoms with E-state index in [9.17, 15) is 4.79 Å². The first kappa shape index (κ1) is 16.0. The molecule has 2 N–H and O–H groups in total. The van der Waals surface area contributed by atoms with E-state index in [1.54, 1.807) is 12.1 Å². The van der Waals surface area contributed by atoms with Crippen LogP contribution in [0.15, 0.2) is 28.8 Å². The summed E-state index contributed by atoms with van der Waals surface area (Å²) in [7, 11) is 0. The van der Waals surface area contributed by atoms with Crippen molar-refractivity contribution in [3.05, 3.63) is 35.2 Å². The van der Waals surface area contributed by atoms with Crippen LogP contribution >= 0.6 is 11.6 Å². The van der Waals surface area contributed by atoms with E-state index in [0.29, 0.717) is 29.7 Å². The summed E-state index contributed by atoms with van der Waals surface area (Å²) in [6.07, 6.45) is 2.51. The predicted octanol–water partition coefficient (Wildman–Crippen LogP) is 2.05. The number of carbonyl (C=O) groups excluding carboxylic acids is 1. The number of carbonyl (C=O) groups is 1. The third kappa shape index (κ3) is 4.30. The average molecular weight is 335 g/mol. The van der Waals surface area contributed by atoms with Gasteiger partial charge in [0.15, 0.2) is 0 Å². The highest BCUT2D eigenvalue weighted by Crippen LogP contribution is 2.18. The molecule has 1 fully saturated rings. The van der Waals surface area contributed by atoms with Crippen LogP contribution in [-0.4, -0.2) is 35.7 Å². The Morgan fingerprint density at radius 2 is 2.22 bits per heavy atom. The Morgan fingerprint density at radius 3 is 2.96 bits per heavy atom. The fraction of sp³-hybridized carbons (Fsp3) is 0.438. The maximum atomic E-state index is 12.0. The van der Waals surface area contributed by atoms with Gasteiger partial charge in [0.2, 0.25) is 17.6 Å². The Balaban J connectivity index is 1.49. The summed E-state index contributed by atoms with van der Waals surface area (Å²) in [6, 6.07) is 7.25. The van der Waals surface area contributed by atoms with Crippen molar-refractivity contribution in [3.63, 3.8) is 0 Å². The molecule has 1 aromatic heterocycles. The number of hydrogen-bond acceptors (Lipinski definition) is 5. The maximum absolute atomic E-state index is 12.0. The van der Waals surface area contributed by atoms with Crippen LogP contribution in [0.4, 0.5) is 0 Å². The maximum Gasteiger partial charge on any atom is 0.228 e. The number of amides is 1. The van der Waals surface area contributed by atoms with Crippen LogP contribution in [0, 0.1) is 5.92 Å². The van der Waals surface area contributed by atoms with E-state index in [0.717, 1.165) is 31.5 Å². The van der Waals surface area contributed by atoms with Gasteiger partial charge in [-0.05, 0) is 43.7 Å². The molecule has 1 atom stereocenters. The molecule has 0 aliphatic carbocycles. The lowest BCUT2D eigenvalue weighted by molar-refractivity contribution is -0.125. The van der Waals surface area contributed by atoms with E-state index in [2.05, 4.69) is 20.8 Å². The summed E-state index contributed by atoms with van der Waals surface area (Å²) in [4.78, 5) is 16.4. The topological polar surface area (TPSA) is 80.1 Å². The van der Waals surface area contributed by atoms with Crippen molar-refractivity contribution in [2.45, 2.75) is 19.3 Å². The smallest absolute Gasteiger partial charge is 0.228 e. The first-order valence-electron chi connectivity index (χ1n) is 7.79. The second-order valence-corrected chi connectivity index (χ2v) is 6.04. The highest BCUT2D eigenvalue weighted by molar-refractivity contribution is 6.30. The Bertz CT molecular complexity index is 650. The minimum Gasteiger partial charge on any atom is -0.355 e. The SMILES string of the molecule is O=C(NCCc1nc(-c2ccc(Cl)cc2)no1)C1CCCNC1. The van der Waals surface area contributed by atoms with Crippen LogP contribution in [0.1, 0.15) is 18.7 Å². The molecule has 0 spiro atoms. The molecule has 122 valence electrons. The van der Waals surface area contributed by atoms with Gasteiger partial charge in [-0.3, -0.25) is 4.79 Å². The van der Waals surface area contributed by atoms with Crippen molar-refractivity contribution in [2.24, 2.45) is 5.92 Å². The molecule has 3 rings (SSSR count). The number of aromatic nitrogens is 2. The van der Waals surface area contributed by atoms with E-state index < -0.39 is 0 Å². The van der Waals surface area contributed by atoms with Gasteiger partial charge in [-0.2, -0.15) is 4.98 Å². The van der Waals surface area contributed by atoms with Gasteiger partial charge in [-0.15, -0.1) is 0 Å². The molecule has 6 nitrogen and oxygen atoms in total. The highest BCUT2D eigenvalue weighted by atomic mass is 35.5. The molecule has 1 aliphatic heterocycles. The van der Waals surface area contributed by atoms with Crippen LogP contribution in [0.2, 0.25) is 5.02 Å². The average Bonchev–Trinajstić information content (AvgIpc) is 3.05. The normalized spacial score (nSPS) is 17.9. The summed E-state index contributed by atoms with van der Waals surface area (Å²) in [5.74, 6) is 1.20. The van der Waals surface area contributed by atoms with E-state index in [4.69, 9.17) is 16.1 Å². The summed E-state index contributed by atoms with van der Waals surface area (Å²) < 4.78 is 5.22. The van der Waals surface area contributed by atoms with Crippen molar-refractivity contribution in [1.82, 2.24) is 20.8 Å². The molecule has 0 saturated carbocycles. The monoisotopic (exact) mass is 334 g/mol. The molecule has 1 saturated heterocycles. The number of hydrogen-bond donors (Lipinski definition) is 2. The molecule has 7 heteroatoms. The fourth-order valence-corrected chi connectivity index (χ4v) is 2.71. The molecule has 23 heavy (non-hydrogen) atoms. The zero-order valence-electron chi connectivity index (χ0n) is 12.7. The van der Waals surface area contributed by atoms with E-state index in [-0.39, 0.29) is 11.8 Å². The van der Waals surface area contributed by atoms with E-state index >= 15 is 0 Å². The van der Waals surface area contributed by atoms with Gasteiger partial charge < -0.3 is 15.2 Å². The summed E-state index contributed by atoms with van der Waals surface area (Å²) >= 11 is 5.86. The number of piperidine rings is 1. The van der Waals surface area contributed by atoms with Crippen molar-refractivity contribution in [3.8, 4) is 11.4 Å². The second-order valence-electron chi connectivity index (χ2n) is 5.60. The highest BCUT2D eigenvalue weighted by Gasteiger charge is 2.20. The Hall–Kier alpha value is -1.92. The minimum atomic E-state index is 0.0658. The van der Waals surface area contributed by atoms with Gasteiger partial charge in [0.1, 0.15) is 0 Å². The van der Waals surface area contributed by atoms with E-state index in [1.807, 2.05) is 12.1 Å². The zero-order valence-corrected chi connectivity index (χ0v) is 13.5. The molecule has 1 aromatic carbocycles. The molecule has 2 aromatic rings. The van der Waals surface area contributed by atoms with Crippen molar-refractivity contribution < 1.29 is 9.32 Å². The summed E-state index contributed by atoms with van der Waals surface area (Å²) in [5.41, 5.74) is 0.849. The van der Waals surface area contributed by atoms with Crippen LogP contribution in [0.25, 0.3) is 11.4 Å². The third-order valence-corrected chi connectivity index (χ3v) is 4.13. The molecular weight excluding hydrogens is 316 g/mol. The predicted molar refractivity (Wildman–Crippen MR) is 87.1 cm³/mol. The van der Waals surface area contributed by atoms with Gasteiger partial charge in [0, 0.05) is 30.1 Å². The molecule has 2 heterocycles. The van der Waals surface area contributed by atoms with Crippen LogP contribution in [0.3, 0.4) is 0 Å².